The van der Waals surface area contributed by atoms with Gasteiger partial charge in [0.05, 0.1) is 6.04 Å². The summed E-state index contributed by atoms with van der Waals surface area (Å²) >= 11 is 0. The first-order chi connectivity index (χ1) is 10.6. The van der Waals surface area contributed by atoms with Crippen LogP contribution in [-0.4, -0.2) is 12.5 Å². The number of nitrogens with one attached hydrogen (secondary N) is 1. The third-order valence-electron chi connectivity index (χ3n) is 3.67. The fourth-order valence-electron chi connectivity index (χ4n) is 2.57. The summed E-state index contributed by atoms with van der Waals surface area (Å²) in [5.74, 6) is 0.281. The number of rotatable bonds is 4. The van der Waals surface area contributed by atoms with E-state index in [2.05, 4.69) is 5.32 Å². The standard InChI is InChI=1S/C17H17FN2O2/c18-12-8-11-6-7-16(21)20-17(11)14(9-12)15(19)10-22-13-4-2-1-3-5-13/h1-5,8-9,15H,6-7,10,19H2,(H,20,21). The number of carbonyl (C=O) groups is 1. The van der Waals surface area contributed by atoms with Crippen molar-refractivity contribution in [2.24, 2.45) is 5.73 Å². The van der Waals surface area contributed by atoms with Crippen LogP contribution < -0.4 is 15.8 Å². The van der Waals surface area contributed by atoms with Gasteiger partial charge >= 0.3 is 0 Å². The van der Waals surface area contributed by atoms with Crippen LogP contribution in [-0.2, 0) is 11.2 Å². The summed E-state index contributed by atoms with van der Waals surface area (Å²) in [6.07, 6.45) is 0.893. The molecule has 0 bridgehead atoms. The number of ether oxygens (including phenoxy) is 1. The molecule has 0 saturated heterocycles. The lowest BCUT2D eigenvalue weighted by Crippen LogP contribution is -2.25. The van der Waals surface area contributed by atoms with Gasteiger partial charge in [-0.25, -0.2) is 4.39 Å². The largest absolute Gasteiger partial charge is 0.492 e. The average Bonchev–Trinajstić information content (AvgIpc) is 2.53. The smallest absolute Gasteiger partial charge is 0.224 e. The molecule has 4 nitrogen and oxygen atoms in total. The van der Waals surface area contributed by atoms with Gasteiger partial charge in [0.25, 0.3) is 0 Å². The second kappa shape index (κ2) is 6.15. The quantitative estimate of drug-likeness (QED) is 0.912. The topological polar surface area (TPSA) is 64.3 Å². The van der Waals surface area contributed by atoms with Gasteiger partial charge in [0.15, 0.2) is 0 Å². The molecular weight excluding hydrogens is 283 g/mol. The molecule has 1 heterocycles. The fourth-order valence-corrected chi connectivity index (χ4v) is 2.57. The maximum Gasteiger partial charge on any atom is 0.224 e. The van der Waals surface area contributed by atoms with E-state index in [9.17, 15) is 9.18 Å². The highest BCUT2D eigenvalue weighted by atomic mass is 19.1. The Hall–Kier alpha value is -2.40. The number of para-hydroxylation sites is 1. The third-order valence-corrected chi connectivity index (χ3v) is 3.67. The third kappa shape index (κ3) is 3.09. The number of fused-ring (bicyclic) bond motifs is 1. The van der Waals surface area contributed by atoms with Crippen molar-refractivity contribution in [2.75, 3.05) is 11.9 Å². The Balaban J connectivity index is 1.81. The molecule has 2 aromatic rings. The van der Waals surface area contributed by atoms with E-state index in [1.54, 1.807) is 0 Å². The van der Waals surface area contributed by atoms with Gasteiger partial charge in [-0.2, -0.15) is 0 Å². The zero-order valence-electron chi connectivity index (χ0n) is 12.0. The summed E-state index contributed by atoms with van der Waals surface area (Å²) in [5, 5.41) is 2.79. The minimum absolute atomic E-state index is 0.0727. The summed E-state index contributed by atoms with van der Waals surface area (Å²) in [6, 6.07) is 11.6. The Bertz CT molecular complexity index is 689. The summed E-state index contributed by atoms with van der Waals surface area (Å²) in [6.45, 7) is 0.204. The maximum absolute atomic E-state index is 13.8. The van der Waals surface area contributed by atoms with Crippen LogP contribution in [0.15, 0.2) is 42.5 Å². The highest BCUT2D eigenvalue weighted by molar-refractivity contribution is 5.95. The van der Waals surface area contributed by atoms with Gasteiger partial charge in [0, 0.05) is 12.1 Å². The second-order valence-corrected chi connectivity index (χ2v) is 5.31. The van der Waals surface area contributed by atoms with Crippen LogP contribution in [0, 0.1) is 5.82 Å². The molecule has 0 aliphatic carbocycles. The van der Waals surface area contributed by atoms with Crippen molar-refractivity contribution in [2.45, 2.75) is 18.9 Å². The highest BCUT2D eigenvalue weighted by Crippen LogP contribution is 2.31. The lowest BCUT2D eigenvalue weighted by molar-refractivity contribution is -0.116. The van der Waals surface area contributed by atoms with Crippen LogP contribution in [0.25, 0.3) is 0 Å². The van der Waals surface area contributed by atoms with Crippen molar-refractivity contribution in [1.29, 1.82) is 0 Å². The van der Waals surface area contributed by atoms with Crippen molar-refractivity contribution in [3.05, 3.63) is 59.4 Å². The van der Waals surface area contributed by atoms with Gasteiger partial charge in [0.1, 0.15) is 18.2 Å². The number of anilines is 1. The number of hydrogen-bond acceptors (Lipinski definition) is 3. The monoisotopic (exact) mass is 300 g/mol. The van der Waals surface area contributed by atoms with Crippen molar-refractivity contribution >= 4 is 11.6 Å². The lowest BCUT2D eigenvalue weighted by atomic mass is 9.95. The molecule has 0 fully saturated rings. The molecule has 1 aliphatic rings. The number of amides is 1. The Morgan fingerprint density at radius 2 is 2.00 bits per heavy atom. The number of nitrogens with two attached hydrogens (primary N) is 1. The molecule has 0 saturated carbocycles. The number of aryl methyl sites for hydroxylation is 1. The molecular formula is C17H17FN2O2. The van der Waals surface area contributed by atoms with E-state index in [-0.39, 0.29) is 18.3 Å². The normalized spacial score (nSPS) is 14.9. The Kier molecular flexibility index (Phi) is 4.06. The molecule has 1 aliphatic heterocycles. The fraction of sp³-hybridized carbons (Fsp3) is 0.235. The SMILES string of the molecule is NC(COc1ccccc1)c1cc(F)cc2c1NC(=O)CC2. The van der Waals surface area contributed by atoms with Gasteiger partial charge in [-0.05, 0) is 41.8 Å². The molecule has 3 N–H and O–H groups in total. The summed E-state index contributed by atoms with van der Waals surface area (Å²) in [5.41, 5.74) is 8.12. The zero-order valence-corrected chi connectivity index (χ0v) is 12.0. The molecule has 2 aromatic carbocycles. The molecule has 0 radical (unpaired) electrons. The van der Waals surface area contributed by atoms with Gasteiger partial charge in [-0.1, -0.05) is 18.2 Å². The number of hydrogen-bond donors (Lipinski definition) is 2. The average molecular weight is 300 g/mol. The molecule has 1 unspecified atom stereocenters. The van der Waals surface area contributed by atoms with Gasteiger partial charge in [0.2, 0.25) is 5.91 Å². The number of halogens is 1. The predicted octanol–water partition coefficient (Wildman–Crippen LogP) is 2.79. The van der Waals surface area contributed by atoms with Crippen molar-refractivity contribution in [3.63, 3.8) is 0 Å². The van der Waals surface area contributed by atoms with E-state index in [4.69, 9.17) is 10.5 Å². The second-order valence-electron chi connectivity index (χ2n) is 5.31. The molecule has 1 atom stereocenters. The van der Waals surface area contributed by atoms with Crippen LogP contribution in [0.2, 0.25) is 0 Å². The Morgan fingerprint density at radius 1 is 1.23 bits per heavy atom. The van der Waals surface area contributed by atoms with Crippen LogP contribution in [0.1, 0.15) is 23.6 Å². The predicted molar refractivity (Wildman–Crippen MR) is 82.2 cm³/mol. The van der Waals surface area contributed by atoms with Crippen LogP contribution >= 0.6 is 0 Å². The van der Waals surface area contributed by atoms with Gasteiger partial charge in [-0.15, -0.1) is 0 Å². The van der Waals surface area contributed by atoms with Crippen LogP contribution in [0.4, 0.5) is 10.1 Å². The van der Waals surface area contributed by atoms with E-state index in [1.807, 2.05) is 30.3 Å². The molecule has 114 valence electrons. The van der Waals surface area contributed by atoms with Gasteiger partial charge in [-0.3, -0.25) is 4.79 Å². The molecule has 0 aromatic heterocycles. The molecule has 22 heavy (non-hydrogen) atoms. The highest BCUT2D eigenvalue weighted by Gasteiger charge is 2.22. The lowest BCUT2D eigenvalue weighted by Gasteiger charge is -2.23. The van der Waals surface area contributed by atoms with Crippen molar-refractivity contribution < 1.29 is 13.9 Å². The van der Waals surface area contributed by atoms with E-state index in [0.29, 0.717) is 29.8 Å². The summed E-state index contributed by atoms with van der Waals surface area (Å²) < 4.78 is 19.4. The van der Waals surface area contributed by atoms with Crippen molar-refractivity contribution in [3.8, 4) is 5.75 Å². The Morgan fingerprint density at radius 3 is 2.77 bits per heavy atom. The number of benzene rings is 2. The molecule has 3 rings (SSSR count). The van der Waals surface area contributed by atoms with E-state index >= 15 is 0 Å². The first-order valence-electron chi connectivity index (χ1n) is 7.19. The number of carbonyl (C=O) groups excluding carboxylic acids is 1. The minimum atomic E-state index is -0.525. The summed E-state index contributed by atoms with van der Waals surface area (Å²) in [7, 11) is 0. The van der Waals surface area contributed by atoms with E-state index in [1.165, 1.54) is 12.1 Å². The first-order valence-corrected chi connectivity index (χ1v) is 7.19. The molecule has 0 spiro atoms. The summed E-state index contributed by atoms with van der Waals surface area (Å²) in [4.78, 5) is 11.6. The Labute approximate surface area is 128 Å². The minimum Gasteiger partial charge on any atom is -0.492 e. The molecule has 5 heteroatoms. The van der Waals surface area contributed by atoms with E-state index < -0.39 is 6.04 Å². The van der Waals surface area contributed by atoms with Gasteiger partial charge < -0.3 is 15.8 Å². The maximum atomic E-state index is 13.8. The van der Waals surface area contributed by atoms with E-state index in [0.717, 1.165) is 5.56 Å². The van der Waals surface area contributed by atoms with Crippen molar-refractivity contribution in [1.82, 2.24) is 0 Å². The van der Waals surface area contributed by atoms with Crippen LogP contribution in [0.5, 0.6) is 5.75 Å². The van der Waals surface area contributed by atoms with Crippen LogP contribution in [0.3, 0.4) is 0 Å². The molecule has 1 amide bonds. The first kappa shape index (κ1) is 14.5. The zero-order chi connectivity index (χ0) is 15.5.